The summed E-state index contributed by atoms with van der Waals surface area (Å²) in [7, 11) is 0. The van der Waals surface area contributed by atoms with Gasteiger partial charge in [0.15, 0.2) is 5.75 Å². The number of rotatable bonds is 6. The van der Waals surface area contributed by atoms with Crippen LogP contribution in [-0.2, 0) is 0 Å². The van der Waals surface area contributed by atoms with Gasteiger partial charge in [0.05, 0.1) is 11.5 Å². The second-order valence-electron chi connectivity index (χ2n) is 4.93. The number of benzene rings is 1. The van der Waals surface area contributed by atoms with Crippen LogP contribution in [0.5, 0.6) is 5.75 Å². The molecule has 1 aromatic rings. The summed E-state index contributed by atoms with van der Waals surface area (Å²) in [6, 6.07) is 4.64. The summed E-state index contributed by atoms with van der Waals surface area (Å²) in [6.07, 6.45) is 2.22. The minimum Gasteiger partial charge on any atom is -0.486 e. The number of nitrogens with two attached hydrogens (primary N) is 1. The Balaban J connectivity index is 2.06. The quantitative estimate of drug-likeness (QED) is 0.271. The maximum Gasteiger partial charge on any atom is 0.312 e. The standard InChI is InChI=1S/C12H14BrN3O4/c13-8-1-2-10(9(5-8)16(18)19)20-7-12(3-4-12)6-11(14)15-17/h1-2,5,17H,3-4,6-7H2,(H2,14,15). The van der Waals surface area contributed by atoms with Gasteiger partial charge in [0.2, 0.25) is 0 Å². The average Bonchev–Trinajstić information content (AvgIpc) is 3.17. The third kappa shape index (κ3) is 3.38. The molecule has 0 saturated heterocycles. The lowest BCUT2D eigenvalue weighted by molar-refractivity contribution is -0.386. The third-order valence-electron chi connectivity index (χ3n) is 3.29. The molecule has 1 aliphatic carbocycles. The van der Waals surface area contributed by atoms with Crippen molar-refractivity contribution in [1.82, 2.24) is 0 Å². The molecule has 1 aliphatic rings. The van der Waals surface area contributed by atoms with E-state index in [1.807, 2.05) is 0 Å². The molecule has 7 nitrogen and oxygen atoms in total. The van der Waals surface area contributed by atoms with Crippen LogP contribution in [0.1, 0.15) is 19.3 Å². The fraction of sp³-hybridized carbons (Fsp3) is 0.417. The Bertz CT molecular complexity index is 558. The van der Waals surface area contributed by atoms with Crippen LogP contribution in [0.25, 0.3) is 0 Å². The van der Waals surface area contributed by atoms with Crippen LogP contribution in [0, 0.1) is 15.5 Å². The molecule has 0 spiro atoms. The molecule has 0 radical (unpaired) electrons. The smallest absolute Gasteiger partial charge is 0.312 e. The molecule has 0 amide bonds. The van der Waals surface area contributed by atoms with E-state index in [4.69, 9.17) is 15.7 Å². The molecular weight excluding hydrogens is 330 g/mol. The van der Waals surface area contributed by atoms with Crippen molar-refractivity contribution < 1.29 is 14.9 Å². The summed E-state index contributed by atoms with van der Waals surface area (Å²) >= 11 is 3.19. The van der Waals surface area contributed by atoms with Crippen molar-refractivity contribution in [3.05, 3.63) is 32.8 Å². The molecule has 0 heterocycles. The minimum atomic E-state index is -0.483. The van der Waals surface area contributed by atoms with E-state index in [1.54, 1.807) is 12.1 Å². The lowest BCUT2D eigenvalue weighted by Crippen LogP contribution is -2.22. The van der Waals surface area contributed by atoms with Crippen LogP contribution in [0.3, 0.4) is 0 Å². The molecule has 20 heavy (non-hydrogen) atoms. The Kier molecular flexibility index (Phi) is 4.12. The van der Waals surface area contributed by atoms with Gasteiger partial charge in [-0.3, -0.25) is 10.1 Å². The highest BCUT2D eigenvalue weighted by atomic mass is 79.9. The van der Waals surface area contributed by atoms with E-state index >= 15 is 0 Å². The SMILES string of the molecule is NC(CC1(COc2ccc(Br)cc2[N+](=O)[O-])CC1)=NO. The van der Waals surface area contributed by atoms with Crippen LogP contribution in [0.15, 0.2) is 27.8 Å². The number of hydrogen-bond acceptors (Lipinski definition) is 5. The predicted molar refractivity (Wildman–Crippen MR) is 76.0 cm³/mol. The number of ether oxygens (including phenoxy) is 1. The molecule has 0 unspecified atom stereocenters. The molecular formula is C12H14BrN3O4. The molecule has 1 saturated carbocycles. The molecule has 0 atom stereocenters. The lowest BCUT2D eigenvalue weighted by Gasteiger charge is -2.15. The third-order valence-corrected chi connectivity index (χ3v) is 3.79. The van der Waals surface area contributed by atoms with Crippen molar-refractivity contribution >= 4 is 27.5 Å². The summed E-state index contributed by atoms with van der Waals surface area (Å²) in [6.45, 7) is 0.311. The van der Waals surface area contributed by atoms with Crippen molar-refractivity contribution in [3.63, 3.8) is 0 Å². The van der Waals surface area contributed by atoms with Gasteiger partial charge in [-0.1, -0.05) is 21.1 Å². The predicted octanol–water partition coefficient (Wildman–Crippen LogP) is 2.65. The molecule has 2 rings (SSSR count). The van der Waals surface area contributed by atoms with E-state index in [0.717, 1.165) is 12.8 Å². The molecule has 108 valence electrons. The van der Waals surface area contributed by atoms with Gasteiger partial charge < -0.3 is 15.7 Å². The first-order valence-corrected chi connectivity index (χ1v) is 6.78. The second kappa shape index (κ2) is 5.66. The summed E-state index contributed by atoms with van der Waals surface area (Å²) in [5, 5.41) is 22.5. The summed E-state index contributed by atoms with van der Waals surface area (Å²) in [5.41, 5.74) is 5.24. The van der Waals surface area contributed by atoms with E-state index in [0.29, 0.717) is 17.5 Å². The molecule has 0 aliphatic heterocycles. The van der Waals surface area contributed by atoms with E-state index in [-0.39, 0.29) is 22.7 Å². The number of nitro benzene ring substituents is 1. The van der Waals surface area contributed by atoms with Crippen LogP contribution in [0.4, 0.5) is 5.69 Å². The number of halogens is 1. The summed E-state index contributed by atoms with van der Waals surface area (Å²) in [4.78, 5) is 10.5. The first-order valence-electron chi connectivity index (χ1n) is 5.99. The highest BCUT2D eigenvalue weighted by Gasteiger charge is 2.44. The van der Waals surface area contributed by atoms with Gasteiger partial charge in [-0.25, -0.2) is 0 Å². The number of amidine groups is 1. The Hall–Kier alpha value is -1.83. The van der Waals surface area contributed by atoms with Crippen LogP contribution in [0.2, 0.25) is 0 Å². The maximum absolute atomic E-state index is 11.0. The highest BCUT2D eigenvalue weighted by molar-refractivity contribution is 9.10. The molecule has 1 aromatic carbocycles. The fourth-order valence-electron chi connectivity index (χ4n) is 1.95. The van der Waals surface area contributed by atoms with E-state index in [9.17, 15) is 10.1 Å². The van der Waals surface area contributed by atoms with Gasteiger partial charge in [0, 0.05) is 22.4 Å². The number of hydrogen-bond donors (Lipinski definition) is 2. The van der Waals surface area contributed by atoms with Crippen LogP contribution < -0.4 is 10.5 Å². The van der Waals surface area contributed by atoms with Gasteiger partial charge >= 0.3 is 5.69 Å². The maximum atomic E-state index is 11.0. The number of nitro groups is 1. The molecule has 1 fully saturated rings. The topological polar surface area (TPSA) is 111 Å². The van der Waals surface area contributed by atoms with Gasteiger partial charge in [0.1, 0.15) is 5.84 Å². The monoisotopic (exact) mass is 343 g/mol. The second-order valence-corrected chi connectivity index (χ2v) is 5.84. The summed E-state index contributed by atoms with van der Waals surface area (Å²) < 4.78 is 6.19. The zero-order chi connectivity index (χ0) is 14.8. The zero-order valence-electron chi connectivity index (χ0n) is 10.6. The van der Waals surface area contributed by atoms with Gasteiger partial charge in [-0.15, -0.1) is 0 Å². The largest absolute Gasteiger partial charge is 0.486 e. The molecule has 8 heteroatoms. The molecule has 0 bridgehead atoms. The Labute approximate surface area is 123 Å². The zero-order valence-corrected chi connectivity index (χ0v) is 12.2. The van der Waals surface area contributed by atoms with Gasteiger partial charge in [-0.2, -0.15) is 0 Å². The van der Waals surface area contributed by atoms with Gasteiger partial charge in [0.25, 0.3) is 0 Å². The van der Waals surface area contributed by atoms with E-state index in [1.165, 1.54) is 6.07 Å². The Morgan fingerprint density at radius 3 is 2.85 bits per heavy atom. The Morgan fingerprint density at radius 1 is 1.60 bits per heavy atom. The molecule has 0 aromatic heterocycles. The Morgan fingerprint density at radius 2 is 2.30 bits per heavy atom. The van der Waals surface area contributed by atoms with Crippen molar-refractivity contribution in [1.29, 1.82) is 0 Å². The number of nitrogens with zero attached hydrogens (tertiary/aromatic N) is 2. The normalized spacial score (nSPS) is 16.8. The first kappa shape index (κ1) is 14.6. The van der Waals surface area contributed by atoms with Crippen LogP contribution in [-0.4, -0.2) is 22.6 Å². The van der Waals surface area contributed by atoms with Crippen molar-refractivity contribution in [2.24, 2.45) is 16.3 Å². The van der Waals surface area contributed by atoms with Crippen molar-refractivity contribution in [2.45, 2.75) is 19.3 Å². The first-order chi connectivity index (χ1) is 9.46. The summed E-state index contributed by atoms with van der Waals surface area (Å²) in [5.74, 6) is 0.375. The fourth-order valence-corrected chi connectivity index (χ4v) is 2.30. The van der Waals surface area contributed by atoms with Crippen LogP contribution >= 0.6 is 15.9 Å². The lowest BCUT2D eigenvalue weighted by atomic mass is 10.0. The highest BCUT2D eigenvalue weighted by Crippen LogP contribution is 2.49. The number of oxime groups is 1. The van der Waals surface area contributed by atoms with Crippen molar-refractivity contribution in [3.8, 4) is 5.75 Å². The molecule has 3 N–H and O–H groups in total. The average molecular weight is 344 g/mol. The minimum absolute atomic E-state index is 0.0843. The van der Waals surface area contributed by atoms with Crippen molar-refractivity contribution in [2.75, 3.05) is 6.61 Å². The van der Waals surface area contributed by atoms with Gasteiger partial charge in [-0.05, 0) is 25.0 Å². The van der Waals surface area contributed by atoms with E-state index in [2.05, 4.69) is 21.1 Å². The van der Waals surface area contributed by atoms with E-state index < -0.39 is 4.92 Å².